The molecule has 0 bridgehead atoms. The molecule has 172 valence electrons. The highest BCUT2D eigenvalue weighted by atomic mass is 127. The predicted octanol–water partition coefficient (Wildman–Crippen LogP) is 4.90. The molecule has 0 atom stereocenters. The number of ether oxygens (including phenoxy) is 1. The zero-order valence-electron chi connectivity index (χ0n) is 17.3. The van der Waals surface area contributed by atoms with Crippen LogP contribution in [0.5, 0.6) is 0 Å². The van der Waals surface area contributed by atoms with Crippen molar-refractivity contribution in [1.29, 1.82) is 0 Å². The van der Waals surface area contributed by atoms with Crippen molar-refractivity contribution in [1.82, 2.24) is 19.1 Å². The van der Waals surface area contributed by atoms with E-state index >= 15 is 0 Å². The Morgan fingerprint density at radius 1 is 0.970 bits per heavy atom. The number of aliphatic hydroxyl groups is 1. The van der Waals surface area contributed by atoms with E-state index in [1.54, 1.807) is 40.7 Å². The van der Waals surface area contributed by atoms with Crippen LogP contribution >= 0.6 is 45.2 Å². The molecular formula is C22H18F2I2N4O3. The summed E-state index contributed by atoms with van der Waals surface area (Å²) in [5.41, 5.74) is 2.51. The van der Waals surface area contributed by atoms with Crippen molar-refractivity contribution in [2.24, 2.45) is 0 Å². The fourth-order valence-corrected chi connectivity index (χ4v) is 4.33. The molecular weight excluding hydrogens is 660 g/mol. The fourth-order valence-electron chi connectivity index (χ4n) is 2.85. The van der Waals surface area contributed by atoms with Crippen molar-refractivity contribution in [3.8, 4) is 11.4 Å². The number of benzene rings is 2. The van der Waals surface area contributed by atoms with Gasteiger partial charge in [-0.15, -0.1) is 0 Å². The molecule has 0 aliphatic carbocycles. The third-order valence-electron chi connectivity index (χ3n) is 4.34. The molecule has 4 rings (SSSR count). The van der Waals surface area contributed by atoms with Gasteiger partial charge in [0, 0.05) is 7.14 Å². The minimum absolute atomic E-state index is 0.0898. The van der Waals surface area contributed by atoms with Crippen molar-refractivity contribution in [3.05, 3.63) is 91.6 Å². The van der Waals surface area contributed by atoms with Gasteiger partial charge in [0.25, 0.3) is 0 Å². The Labute approximate surface area is 215 Å². The largest absolute Gasteiger partial charge is 0.461 e. The van der Waals surface area contributed by atoms with Crippen LogP contribution in [-0.2, 0) is 11.3 Å². The van der Waals surface area contributed by atoms with Crippen LogP contribution in [0.25, 0.3) is 11.4 Å². The van der Waals surface area contributed by atoms with Crippen molar-refractivity contribution < 1.29 is 23.4 Å². The first-order valence-electron chi connectivity index (χ1n) is 9.58. The monoisotopic (exact) mass is 678 g/mol. The van der Waals surface area contributed by atoms with Gasteiger partial charge < -0.3 is 9.84 Å². The number of carbonyl (C=O) groups excluding carboxylic acids is 1. The Hall–Kier alpha value is -2.39. The highest BCUT2D eigenvalue weighted by Gasteiger charge is 2.15. The topological polar surface area (TPSA) is 82.2 Å². The smallest absolute Gasteiger partial charge is 0.356 e. The van der Waals surface area contributed by atoms with Crippen LogP contribution < -0.4 is 0 Å². The SMILES string of the molecule is CCOC(=O)c1cncn1-c1ccc(F)cc1I.OCc1cncn1-c1ccc(F)cc1I. The highest BCUT2D eigenvalue weighted by Crippen LogP contribution is 2.21. The Bertz CT molecular complexity index is 1260. The van der Waals surface area contributed by atoms with Gasteiger partial charge in [0.1, 0.15) is 11.6 Å². The standard InChI is InChI=1S/C12H10FIN2O2.C10H8FIN2O/c1-2-18-12(17)11-6-15-7-16(11)10-4-3-8(13)5-9(10)14;11-7-1-2-10(9(12)3-7)14-6-13-4-8(14)5-15/h3-7H,2H2,1H3;1-4,6,15H,5H2. The summed E-state index contributed by atoms with van der Waals surface area (Å²) >= 11 is 4.06. The van der Waals surface area contributed by atoms with Gasteiger partial charge in [-0.1, -0.05) is 0 Å². The lowest BCUT2D eigenvalue weighted by atomic mass is 10.3. The molecule has 7 nitrogen and oxygen atoms in total. The van der Waals surface area contributed by atoms with E-state index in [0.717, 1.165) is 9.26 Å². The maximum atomic E-state index is 13.0. The predicted molar refractivity (Wildman–Crippen MR) is 134 cm³/mol. The number of esters is 1. The van der Waals surface area contributed by atoms with Crippen LogP contribution in [0.2, 0.25) is 0 Å². The summed E-state index contributed by atoms with van der Waals surface area (Å²) in [4.78, 5) is 19.6. The molecule has 0 fully saturated rings. The Balaban J connectivity index is 0.000000189. The molecule has 0 saturated heterocycles. The van der Waals surface area contributed by atoms with Crippen LogP contribution in [0, 0.1) is 18.8 Å². The van der Waals surface area contributed by atoms with Crippen molar-refractivity contribution in [2.75, 3.05) is 6.61 Å². The van der Waals surface area contributed by atoms with Gasteiger partial charge in [0.2, 0.25) is 0 Å². The highest BCUT2D eigenvalue weighted by molar-refractivity contribution is 14.1. The number of imidazole rings is 2. The lowest BCUT2D eigenvalue weighted by Crippen LogP contribution is -2.11. The number of aliphatic hydroxyl groups excluding tert-OH is 1. The number of halogens is 4. The van der Waals surface area contributed by atoms with Gasteiger partial charge in [-0.3, -0.25) is 9.13 Å². The van der Waals surface area contributed by atoms with Gasteiger partial charge >= 0.3 is 5.97 Å². The first-order valence-corrected chi connectivity index (χ1v) is 11.7. The molecule has 0 radical (unpaired) electrons. The fraction of sp³-hybridized carbons (Fsp3) is 0.136. The van der Waals surface area contributed by atoms with Gasteiger partial charge in [0.05, 0.1) is 55.3 Å². The number of hydrogen-bond donors (Lipinski definition) is 1. The Kier molecular flexibility index (Phi) is 8.91. The van der Waals surface area contributed by atoms with Crippen LogP contribution in [0.3, 0.4) is 0 Å². The molecule has 0 aliphatic rings. The zero-order chi connectivity index (χ0) is 24.0. The lowest BCUT2D eigenvalue weighted by molar-refractivity contribution is 0.0517. The first-order chi connectivity index (χ1) is 15.8. The maximum absolute atomic E-state index is 13.0. The first kappa shape index (κ1) is 25.2. The Morgan fingerprint density at radius 3 is 2.06 bits per heavy atom. The number of aromatic nitrogens is 4. The molecule has 11 heteroatoms. The summed E-state index contributed by atoms with van der Waals surface area (Å²) in [6, 6.07) is 8.83. The van der Waals surface area contributed by atoms with E-state index in [1.807, 2.05) is 45.2 Å². The number of rotatable bonds is 5. The second-order valence-corrected chi connectivity index (χ2v) is 8.80. The van der Waals surface area contributed by atoms with Crippen molar-refractivity contribution in [2.45, 2.75) is 13.5 Å². The molecule has 33 heavy (non-hydrogen) atoms. The van der Waals surface area contributed by atoms with Gasteiger partial charge in [-0.2, -0.15) is 0 Å². The summed E-state index contributed by atoms with van der Waals surface area (Å²) in [5, 5.41) is 9.08. The molecule has 0 aliphatic heterocycles. The summed E-state index contributed by atoms with van der Waals surface area (Å²) in [6.07, 6.45) is 6.11. The number of carbonyl (C=O) groups is 1. The third kappa shape index (κ3) is 6.14. The molecule has 4 aromatic rings. The van der Waals surface area contributed by atoms with Crippen LogP contribution in [0.15, 0.2) is 61.4 Å². The maximum Gasteiger partial charge on any atom is 0.356 e. The van der Waals surface area contributed by atoms with E-state index in [0.29, 0.717) is 27.3 Å². The van der Waals surface area contributed by atoms with Gasteiger partial charge in [-0.05, 0) is 88.5 Å². The molecule has 0 spiro atoms. The van der Waals surface area contributed by atoms with E-state index in [9.17, 15) is 13.6 Å². The number of hydrogen-bond acceptors (Lipinski definition) is 5. The Morgan fingerprint density at radius 2 is 1.52 bits per heavy atom. The number of nitrogens with zero attached hydrogens (tertiary/aromatic N) is 4. The molecule has 0 saturated carbocycles. The second kappa shape index (κ2) is 11.7. The molecule has 1 N–H and O–H groups in total. The van der Waals surface area contributed by atoms with E-state index in [4.69, 9.17) is 9.84 Å². The molecule has 0 unspecified atom stereocenters. The molecule has 2 heterocycles. The van der Waals surface area contributed by atoms with Gasteiger partial charge in [0.15, 0.2) is 5.69 Å². The summed E-state index contributed by atoms with van der Waals surface area (Å²) in [5.74, 6) is -1.04. The summed E-state index contributed by atoms with van der Waals surface area (Å²) < 4.78 is 35.7. The van der Waals surface area contributed by atoms with Crippen LogP contribution in [-0.4, -0.2) is 36.8 Å². The molecule has 2 aromatic carbocycles. The van der Waals surface area contributed by atoms with Crippen LogP contribution in [0.1, 0.15) is 23.1 Å². The van der Waals surface area contributed by atoms with E-state index in [1.165, 1.54) is 36.8 Å². The summed E-state index contributed by atoms with van der Waals surface area (Å²) in [6.45, 7) is 1.94. The molecule has 2 aromatic heterocycles. The van der Waals surface area contributed by atoms with E-state index < -0.39 is 5.97 Å². The average Bonchev–Trinajstić information content (AvgIpc) is 3.44. The third-order valence-corrected chi connectivity index (χ3v) is 6.07. The van der Waals surface area contributed by atoms with Crippen LogP contribution in [0.4, 0.5) is 8.78 Å². The van der Waals surface area contributed by atoms with Gasteiger partial charge in [-0.25, -0.2) is 23.5 Å². The lowest BCUT2D eigenvalue weighted by Gasteiger charge is -2.09. The van der Waals surface area contributed by atoms with Crippen molar-refractivity contribution in [3.63, 3.8) is 0 Å². The van der Waals surface area contributed by atoms with E-state index in [2.05, 4.69) is 9.97 Å². The minimum Gasteiger partial charge on any atom is -0.461 e. The average molecular weight is 678 g/mol. The van der Waals surface area contributed by atoms with E-state index in [-0.39, 0.29) is 18.2 Å². The molecule has 0 amide bonds. The zero-order valence-corrected chi connectivity index (χ0v) is 21.6. The quantitative estimate of drug-likeness (QED) is 0.240. The minimum atomic E-state index is -0.449. The summed E-state index contributed by atoms with van der Waals surface area (Å²) in [7, 11) is 0. The second-order valence-electron chi connectivity index (χ2n) is 6.47. The van der Waals surface area contributed by atoms with Crippen molar-refractivity contribution >= 4 is 51.2 Å². The normalized spacial score (nSPS) is 10.5.